The van der Waals surface area contributed by atoms with Gasteiger partial charge in [-0.1, -0.05) is 28.9 Å². The fraction of sp³-hybridized carbons (Fsp3) is 0.350. The summed E-state index contributed by atoms with van der Waals surface area (Å²) >= 11 is 6.14. The molecule has 1 aromatic carbocycles. The number of halogens is 1. The number of amides is 1. The lowest BCUT2D eigenvalue weighted by atomic mass is 10.1. The first kappa shape index (κ1) is 19.3. The minimum atomic E-state index is -0.883. The van der Waals surface area contributed by atoms with Gasteiger partial charge in [-0.15, -0.1) is 0 Å². The molecule has 1 N–H and O–H groups in total. The van der Waals surface area contributed by atoms with E-state index in [0.29, 0.717) is 28.3 Å². The van der Waals surface area contributed by atoms with E-state index < -0.39 is 11.6 Å². The number of rotatable bonds is 5. The Hall–Kier alpha value is -3.00. The van der Waals surface area contributed by atoms with Gasteiger partial charge in [-0.3, -0.25) is 4.98 Å². The number of ether oxygens (including phenoxy) is 1. The molecule has 4 rings (SSSR count). The second kappa shape index (κ2) is 7.44. The highest BCUT2D eigenvalue weighted by molar-refractivity contribution is 6.30. The van der Waals surface area contributed by atoms with Gasteiger partial charge in [-0.2, -0.15) is 4.98 Å². The smallest absolute Gasteiger partial charge is 0.390 e. The molecule has 3 aromatic rings. The summed E-state index contributed by atoms with van der Waals surface area (Å²) in [6, 6.07) is 7.38. The molecule has 0 aliphatic heterocycles. The van der Waals surface area contributed by atoms with Crippen LogP contribution in [0.1, 0.15) is 50.0 Å². The third-order valence-corrected chi connectivity index (χ3v) is 4.77. The van der Waals surface area contributed by atoms with E-state index in [2.05, 4.69) is 25.4 Å². The van der Waals surface area contributed by atoms with Gasteiger partial charge in [0.2, 0.25) is 11.8 Å². The molecular formula is C20H20ClN5O3. The molecule has 0 bridgehead atoms. The van der Waals surface area contributed by atoms with E-state index in [-0.39, 0.29) is 5.88 Å². The van der Waals surface area contributed by atoms with Gasteiger partial charge < -0.3 is 14.6 Å². The van der Waals surface area contributed by atoms with E-state index in [0.717, 1.165) is 24.1 Å². The van der Waals surface area contributed by atoms with Crippen molar-refractivity contribution in [2.45, 2.75) is 45.1 Å². The van der Waals surface area contributed by atoms with E-state index in [1.165, 1.54) is 6.20 Å². The summed E-state index contributed by atoms with van der Waals surface area (Å²) in [6.07, 6.45) is 2.91. The average Bonchev–Trinajstić information content (AvgIpc) is 3.41. The summed E-state index contributed by atoms with van der Waals surface area (Å²) in [7, 11) is 0. The Bertz CT molecular complexity index is 1060. The lowest BCUT2D eigenvalue weighted by Gasteiger charge is -2.21. The number of hydrogen-bond acceptors (Lipinski definition) is 7. The van der Waals surface area contributed by atoms with Gasteiger partial charge in [0.1, 0.15) is 5.54 Å². The maximum atomic E-state index is 12.4. The summed E-state index contributed by atoms with van der Waals surface area (Å²) in [5.74, 6) is 1.24. The first-order chi connectivity index (χ1) is 13.8. The molecule has 0 saturated heterocycles. The van der Waals surface area contributed by atoms with Crippen LogP contribution in [-0.4, -0.2) is 26.2 Å². The van der Waals surface area contributed by atoms with E-state index in [1.807, 2.05) is 18.2 Å². The molecule has 2 heterocycles. The maximum Gasteiger partial charge on any atom is 0.414 e. The van der Waals surface area contributed by atoms with Crippen molar-refractivity contribution in [3.63, 3.8) is 0 Å². The molecule has 1 aliphatic rings. The second-order valence-electron chi connectivity index (χ2n) is 7.50. The van der Waals surface area contributed by atoms with E-state index >= 15 is 0 Å². The lowest BCUT2D eigenvalue weighted by molar-refractivity contribution is 0.184. The number of carbonyl (C=O) groups is 1. The molecule has 0 atom stereocenters. The topological polar surface area (TPSA) is 103 Å². The molecule has 8 nitrogen and oxygen atoms in total. The van der Waals surface area contributed by atoms with Gasteiger partial charge in [-0.05, 0) is 38.8 Å². The van der Waals surface area contributed by atoms with Crippen molar-refractivity contribution < 1.29 is 14.1 Å². The van der Waals surface area contributed by atoms with E-state index in [9.17, 15) is 4.79 Å². The lowest BCUT2D eigenvalue weighted by Crippen LogP contribution is -2.43. The summed E-state index contributed by atoms with van der Waals surface area (Å²) in [4.78, 5) is 25.6. The van der Waals surface area contributed by atoms with Gasteiger partial charge in [-0.25, -0.2) is 9.78 Å². The number of carbonyl (C=O) groups excluding carboxylic acids is 1. The first-order valence-electron chi connectivity index (χ1n) is 9.25. The predicted molar refractivity (Wildman–Crippen MR) is 106 cm³/mol. The Labute approximate surface area is 172 Å². The van der Waals surface area contributed by atoms with Gasteiger partial charge in [0.15, 0.2) is 5.82 Å². The summed E-state index contributed by atoms with van der Waals surface area (Å²) in [5, 5.41) is 7.17. The van der Waals surface area contributed by atoms with Crippen LogP contribution in [0, 0.1) is 6.92 Å². The molecule has 1 aliphatic carbocycles. The van der Waals surface area contributed by atoms with Crippen molar-refractivity contribution in [3.05, 3.63) is 52.9 Å². The Morgan fingerprint density at radius 2 is 2.10 bits per heavy atom. The molecule has 9 heteroatoms. The van der Waals surface area contributed by atoms with Crippen molar-refractivity contribution in [1.82, 2.24) is 25.4 Å². The van der Waals surface area contributed by atoms with Crippen LogP contribution in [0.2, 0.25) is 5.02 Å². The zero-order chi connectivity index (χ0) is 20.6. The highest BCUT2D eigenvalue weighted by atomic mass is 35.5. The Morgan fingerprint density at radius 1 is 1.31 bits per heavy atom. The molecule has 1 fully saturated rings. The van der Waals surface area contributed by atoms with Crippen molar-refractivity contribution in [2.24, 2.45) is 0 Å². The summed E-state index contributed by atoms with van der Waals surface area (Å²) < 4.78 is 10.4. The third kappa shape index (κ3) is 4.37. The Morgan fingerprint density at radius 3 is 2.76 bits per heavy atom. The Balaban J connectivity index is 1.56. The van der Waals surface area contributed by atoms with Crippen LogP contribution < -0.4 is 10.1 Å². The van der Waals surface area contributed by atoms with Gasteiger partial charge in [0, 0.05) is 23.4 Å². The molecule has 0 radical (unpaired) electrons. The van der Waals surface area contributed by atoms with Crippen LogP contribution in [0.3, 0.4) is 0 Å². The van der Waals surface area contributed by atoms with Crippen LogP contribution in [0.4, 0.5) is 4.79 Å². The molecule has 150 valence electrons. The van der Waals surface area contributed by atoms with E-state index in [1.54, 1.807) is 26.8 Å². The summed E-state index contributed by atoms with van der Waals surface area (Å²) in [6.45, 7) is 5.18. The Kier molecular flexibility index (Phi) is 4.96. The molecule has 0 unspecified atom stereocenters. The van der Waals surface area contributed by atoms with Crippen LogP contribution in [-0.2, 0) is 5.54 Å². The first-order valence-corrected chi connectivity index (χ1v) is 9.63. The average molecular weight is 414 g/mol. The van der Waals surface area contributed by atoms with Crippen LogP contribution in [0.25, 0.3) is 11.3 Å². The largest absolute Gasteiger partial charge is 0.414 e. The zero-order valence-electron chi connectivity index (χ0n) is 16.3. The monoisotopic (exact) mass is 413 g/mol. The highest BCUT2D eigenvalue weighted by Crippen LogP contribution is 2.43. The van der Waals surface area contributed by atoms with Crippen LogP contribution in [0.15, 0.2) is 35.0 Å². The molecular weight excluding hydrogens is 394 g/mol. The van der Waals surface area contributed by atoms with Gasteiger partial charge >= 0.3 is 6.09 Å². The highest BCUT2D eigenvalue weighted by Gasteiger charge is 2.31. The molecule has 1 saturated carbocycles. The SMILES string of the molecule is Cc1nc(C(C)(C)NC(=O)Oc2cnc(C3CC3)c(-c3cccc(Cl)c3)n2)no1. The van der Waals surface area contributed by atoms with Crippen molar-refractivity contribution in [3.8, 4) is 17.1 Å². The number of hydrogen-bond donors (Lipinski definition) is 1. The molecule has 2 aromatic heterocycles. The normalized spacial score (nSPS) is 13.9. The third-order valence-electron chi connectivity index (χ3n) is 4.54. The molecule has 29 heavy (non-hydrogen) atoms. The van der Waals surface area contributed by atoms with Crippen LogP contribution >= 0.6 is 11.6 Å². The molecule has 0 spiro atoms. The number of aryl methyl sites for hydroxylation is 1. The minimum Gasteiger partial charge on any atom is -0.390 e. The zero-order valence-corrected chi connectivity index (χ0v) is 17.0. The summed E-state index contributed by atoms with van der Waals surface area (Å²) in [5.41, 5.74) is 1.52. The number of nitrogens with one attached hydrogen (secondary N) is 1. The fourth-order valence-corrected chi connectivity index (χ4v) is 3.11. The number of benzene rings is 1. The molecule has 1 amide bonds. The van der Waals surface area contributed by atoms with Crippen LogP contribution in [0.5, 0.6) is 5.88 Å². The number of aromatic nitrogens is 4. The minimum absolute atomic E-state index is 0.0990. The second-order valence-corrected chi connectivity index (χ2v) is 7.94. The van der Waals surface area contributed by atoms with Crippen molar-refractivity contribution in [1.29, 1.82) is 0 Å². The van der Waals surface area contributed by atoms with E-state index in [4.69, 9.17) is 20.9 Å². The fourth-order valence-electron chi connectivity index (χ4n) is 2.92. The quantitative estimate of drug-likeness (QED) is 0.661. The predicted octanol–water partition coefficient (Wildman–Crippen LogP) is 4.39. The van der Waals surface area contributed by atoms with Crippen molar-refractivity contribution >= 4 is 17.7 Å². The number of nitrogens with zero attached hydrogens (tertiary/aromatic N) is 4. The van der Waals surface area contributed by atoms with Gasteiger partial charge in [0.05, 0.1) is 17.6 Å². The van der Waals surface area contributed by atoms with Gasteiger partial charge in [0.25, 0.3) is 0 Å². The maximum absolute atomic E-state index is 12.4. The standard InChI is InChI=1S/C20H20ClN5O3/c1-11-23-18(26-29-11)20(2,3)25-19(27)28-15-10-22-16(12-7-8-12)17(24-15)13-5-4-6-14(21)9-13/h4-6,9-10,12H,7-8H2,1-3H3,(H,25,27). The van der Waals surface area contributed by atoms with Crippen molar-refractivity contribution in [2.75, 3.05) is 0 Å².